The van der Waals surface area contributed by atoms with Gasteiger partial charge in [0.1, 0.15) is 17.3 Å². The molecular formula is C24H26N4O4. The topological polar surface area (TPSA) is 96.6 Å². The number of methoxy groups -OCH3 is 2. The number of ether oxygens (including phenoxy) is 2. The van der Waals surface area contributed by atoms with Gasteiger partial charge < -0.3 is 24.7 Å². The molecule has 0 atom stereocenters. The standard InChI is InChI=1S/C24H26N4O4/c1-4-15-5-7-16(8-6-15)22-25-19-11-12-28(14-18(19)23(29)27-22)24(30)26-20-10-9-17(31-2)13-21(20)32-3/h5-10,13H,4,11-12,14H2,1-3H3,(H,26,30)(H,25,27,29). The summed E-state index contributed by atoms with van der Waals surface area (Å²) in [5.41, 5.74) is 3.65. The van der Waals surface area contributed by atoms with Crippen LogP contribution < -0.4 is 20.3 Å². The number of hydrogen-bond acceptors (Lipinski definition) is 5. The third-order valence-corrected chi connectivity index (χ3v) is 5.64. The van der Waals surface area contributed by atoms with Crippen LogP contribution in [0, 0.1) is 0 Å². The second kappa shape index (κ2) is 9.13. The van der Waals surface area contributed by atoms with Crippen LogP contribution in [-0.4, -0.2) is 41.7 Å². The molecule has 0 saturated heterocycles. The zero-order valence-corrected chi connectivity index (χ0v) is 18.4. The number of benzene rings is 2. The van der Waals surface area contributed by atoms with Gasteiger partial charge in [0.15, 0.2) is 0 Å². The van der Waals surface area contributed by atoms with Crippen molar-refractivity contribution < 1.29 is 14.3 Å². The monoisotopic (exact) mass is 434 g/mol. The van der Waals surface area contributed by atoms with Crippen molar-refractivity contribution in [2.45, 2.75) is 26.3 Å². The summed E-state index contributed by atoms with van der Waals surface area (Å²) in [5.74, 6) is 1.68. The van der Waals surface area contributed by atoms with Crippen molar-refractivity contribution in [2.24, 2.45) is 0 Å². The number of urea groups is 1. The lowest BCUT2D eigenvalue weighted by atomic mass is 10.1. The molecule has 166 valence electrons. The van der Waals surface area contributed by atoms with Gasteiger partial charge in [0.2, 0.25) is 0 Å². The van der Waals surface area contributed by atoms with Crippen molar-refractivity contribution in [3.63, 3.8) is 0 Å². The Hall–Kier alpha value is -3.81. The van der Waals surface area contributed by atoms with Gasteiger partial charge >= 0.3 is 6.03 Å². The minimum absolute atomic E-state index is 0.191. The molecule has 32 heavy (non-hydrogen) atoms. The molecule has 0 saturated carbocycles. The highest BCUT2D eigenvalue weighted by Gasteiger charge is 2.25. The van der Waals surface area contributed by atoms with Crippen LogP contribution in [0.25, 0.3) is 11.4 Å². The number of hydrogen-bond donors (Lipinski definition) is 2. The Balaban J connectivity index is 1.52. The number of anilines is 1. The van der Waals surface area contributed by atoms with Crippen molar-refractivity contribution in [3.05, 3.63) is 69.6 Å². The molecule has 0 unspecified atom stereocenters. The lowest BCUT2D eigenvalue weighted by molar-refractivity contribution is 0.205. The smallest absolute Gasteiger partial charge is 0.322 e. The fourth-order valence-corrected chi connectivity index (χ4v) is 3.73. The second-order valence-electron chi connectivity index (χ2n) is 7.56. The van der Waals surface area contributed by atoms with Crippen LogP contribution in [0.5, 0.6) is 11.5 Å². The highest BCUT2D eigenvalue weighted by atomic mass is 16.5. The van der Waals surface area contributed by atoms with E-state index in [4.69, 9.17) is 9.47 Å². The van der Waals surface area contributed by atoms with Gasteiger partial charge in [-0.15, -0.1) is 0 Å². The Bertz CT molecular complexity index is 1190. The Morgan fingerprint density at radius 1 is 1.16 bits per heavy atom. The first-order valence-corrected chi connectivity index (χ1v) is 10.5. The largest absolute Gasteiger partial charge is 0.497 e. The number of aromatic amines is 1. The number of fused-ring (bicyclic) bond motifs is 1. The minimum Gasteiger partial charge on any atom is -0.497 e. The van der Waals surface area contributed by atoms with E-state index >= 15 is 0 Å². The fourth-order valence-electron chi connectivity index (χ4n) is 3.73. The zero-order chi connectivity index (χ0) is 22.7. The molecule has 8 heteroatoms. The lowest BCUT2D eigenvalue weighted by Gasteiger charge is -2.28. The van der Waals surface area contributed by atoms with E-state index in [1.165, 1.54) is 12.7 Å². The maximum atomic E-state index is 12.9. The third-order valence-electron chi connectivity index (χ3n) is 5.64. The number of H-pyrrole nitrogens is 1. The lowest BCUT2D eigenvalue weighted by Crippen LogP contribution is -2.41. The van der Waals surface area contributed by atoms with Gasteiger partial charge in [-0.05, 0) is 24.1 Å². The van der Waals surface area contributed by atoms with Gasteiger partial charge in [-0.3, -0.25) is 4.79 Å². The number of amides is 2. The Kier molecular flexibility index (Phi) is 6.11. The summed E-state index contributed by atoms with van der Waals surface area (Å²) in [7, 11) is 3.09. The van der Waals surface area contributed by atoms with Crippen molar-refractivity contribution in [1.82, 2.24) is 14.9 Å². The number of nitrogens with zero attached hydrogens (tertiary/aromatic N) is 2. The average Bonchev–Trinajstić information content (AvgIpc) is 2.84. The average molecular weight is 434 g/mol. The molecule has 2 amide bonds. The van der Waals surface area contributed by atoms with Gasteiger partial charge in [-0.2, -0.15) is 0 Å². The number of aromatic nitrogens is 2. The maximum absolute atomic E-state index is 12.9. The summed E-state index contributed by atoms with van der Waals surface area (Å²) < 4.78 is 10.5. The van der Waals surface area contributed by atoms with Gasteiger partial charge in [-0.25, -0.2) is 9.78 Å². The molecule has 4 rings (SSSR count). The van der Waals surface area contributed by atoms with E-state index in [0.29, 0.717) is 41.5 Å². The summed E-state index contributed by atoms with van der Waals surface area (Å²) in [6.07, 6.45) is 1.46. The SMILES string of the molecule is CCc1ccc(-c2nc3c(c(=O)[nH]2)CN(C(=O)Nc2ccc(OC)cc2OC)CC3)cc1. The summed E-state index contributed by atoms with van der Waals surface area (Å²) in [6, 6.07) is 12.9. The van der Waals surface area contributed by atoms with Gasteiger partial charge in [-0.1, -0.05) is 31.2 Å². The van der Waals surface area contributed by atoms with Crippen LogP contribution in [0.4, 0.5) is 10.5 Å². The summed E-state index contributed by atoms with van der Waals surface area (Å²) >= 11 is 0. The van der Waals surface area contributed by atoms with E-state index < -0.39 is 0 Å². The van der Waals surface area contributed by atoms with E-state index in [0.717, 1.165) is 17.7 Å². The van der Waals surface area contributed by atoms with Crippen LogP contribution in [0.15, 0.2) is 47.3 Å². The van der Waals surface area contributed by atoms with Crippen molar-refractivity contribution >= 4 is 11.7 Å². The molecular weight excluding hydrogens is 408 g/mol. The van der Waals surface area contributed by atoms with E-state index in [1.54, 1.807) is 30.2 Å². The Morgan fingerprint density at radius 3 is 2.62 bits per heavy atom. The van der Waals surface area contributed by atoms with Crippen LogP contribution in [0.2, 0.25) is 0 Å². The normalized spacial score (nSPS) is 12.8. The molecule has 0 fully saturated rings. The van der Waals surface area contributed by atoms with E-state index in [2.05, 4.69) is 22.2 Å². The highest BCUT2D eigenvalue weighted by Crippen LogP contribution is 2.29. The molecule has 2 N–H and O–H groups in total. The zero-order valence-electron chi connectivity index (χ0n) is 18.4. The molecule has 2 aromatic carbocycles. The van der Waals surface area contributed by atoms with E-state index in [-0.39, 0.29) is 18.1 Å². The molecule has 0 aliphatic carbocycles. The predicted octanol–water partition coefficient (Wildman–Crippen LogP) is 3.61. The van der Waals surface area contributed by atoms with Crippen LogP contribution in [0.1, 0.15) is 23.7 Å². The van der Waals surface area contributed by atoms with Crippen molar-refractivity contribution in [1.29, 1.82) is 0 Å². The second-order valence-corrected chi connectivity index (χ2v) is 7.56. The van der Waals surface area contributed by atoms with Gasteiger partial charge in [0, 0.05) is 24.6 Å². The van der Waals surface area contributed by atoms with Crippen LogP contribution in [-0.2, 0) is 19.4 Å². The summed E-state index contributed by atoms with van der Waals surface area (Å²) in [4.78, 5) is 34.8. The molecule has 8 nitrogen and oxygen atoms in total. The summed E-state index contributed by atoms with van der Waals surface area (Å²) in [6.45, 7) is 2.75. The molecule has 1 aliphatic heterocycles. The van der Waals surface area contributed by atoms with E-state index in [1.807, 2.05) is 24.3 Å². The number of nitrogens with one attached hydrogen (secondary N) is 2. The number of aryl methyl sites for hydroxylation is 1. The third kappa shape index (κ3) is 4.30. The Labute approximate surface area is 186 Å². The fraction of sp³-hybridized carbons (Fsp3) is 0.292. The number of rotatable bonds is 5. The molecule has 1 aromatic heterocycles. The molecule has 3 aromatic rings. The van der Waals surface area contributed by atoms with Crippen molar-refractivity contribution in [2.75, 3.05) is 26.1 Å². The minimum atomic E-state index is -0.308. The Morgan fingerprint density at radius 2 is 1.94 bits per heavy atom. The number of carbonyl (C=O) groups excluding carboxylic acids is 1. The number of carbonyl (C=O) groups is 1. The first-order valence-electron chi connectivity index (χ1n) is 10.5. The molecule has 0 bridgehead atoms. The molecule has 0 radical (unpaired) electrons. The van der Waals surface area contributed by atoms with Crippen molar-refractivity contribution in [3.8, 4) is 22.9 Å². The first kappa shape index (κ1) is 21.4. The van der Waals surface area contributed by atoms with Gasteiger partial charge in [0.05, 0.1) is 37.7 Å². The highest BCUT2D eigenvalue weighted by molar-refractivity contribution is 5.91. The van der Waals surface area contributed by atoms with Crippen LogP contribution in [0.3, 0.4) is 0 Å². The molecule has 0 spiro atoms. The molecule has 2 heterocycles. The maximum Gasteiger partial charge on any atom is 0.322 e. The molecule has 1 aliphatic rings. The van der Waals surface area contributed by atoms with Gasteiger partial charge in [0.25, 0.3) is 5.56 Å². The summed E-state index contributed by atoms with van der Waals surface area (Å²) in [5, 5.41) is 2.85. The van der Waals surface area contributed by atoms with Crippen LogP contribution >= 0.6 is 0 Å². The van der Waals surface area contributed by atoms with E-state index in [9.17, 15) is 9.59 Å². The first-order chi connectivity index (χ1) is 15.5. The predicted molar refractivity (Wildman–Crippen MR) is 122 cm³/mol. The quantitative estimate of drug-likeness (QED) is 0.640.